The van der Waals surface area contributed by atoms with Crippen LogP contribution < -0.4 is 11.5 Å². The summed E-state index contributed by atoms with van der Waals surface area (Å²) in [5, 5.41) is 0. The third-order valence-electron chi connectivity index (χ3n) is 1.45. The maximum absolute atomic E-state index is 5.54. The average Bonchev–Trinajstić information content (AvgIpc) is 2.34. The van der Waals surface area contributed by atoms with Gasteiger partial charge in [-0.15, -0.1) is 12.4 Å². The molecule has 2 heterocycles. The first kappa shape index (κ1) is 8.61. The van der Waals surface area contributed by atoms with E-state index in [1.807, 2.05) is 0 Å². The number of halogens is 1. The normalized spacial score (nSPS) is 9.67. The number of aromatic amines is 1. The molecule has 0 aliphatic carbocycles. The molecule has 0 spiro atoms. The molecule has 0 aromatic carbocycles. The fraction of sp³-hybridized carbons (Fsp3) is 0. The molecule has 0 radical (unpaired) electrons. The Morgan fingerprint density at radius 3 is 2.75 bits per heavy atom. The molecule has 0 amide bonds. The Bertz CT molecular complexity index is 396. The van der Waals surface area contributed by atoms with Gasteiger partial charge in [-0.1, -0.05) is 0 Å². The van der Waals surface area contributed by atoms with Crippen molar-refractivity contribution in [3.8, 4) is 0 Å². The van der Waals surface area contributed by atoms with Crippen molar-refractivity contribution >= 4 is 35.2 Å². The van der Waals surface area contributed by atoms with Crippen LogP contribution in [-0.2, 0) is 0 Å². The van der Waals surface area contributed by atoms with Crippen LogP contribution >= 0.6 is 12.4 Å². The van der Waals surface area contributed by atoms with Crippen molar-refractivity contribution < 1.29 is 0 Å². The summed E-state index contributed by atoms with van der Waals surface area (Å²) >= 11 is 0. The Labute approximate surface area is 74.6 Å². The second-order valence-electron chi connectivity index (χ2n) is 2.20. The average molecular weight is 186 g/mol. The first-order valence-corrected chi connectivity index (χ1v) is 3.13. The van der Waals surface area contributed by atoms with Gasteiger partial charge in [0.2, 0.25) is 5.95 Å². The smallest absolute Gasteiger partial charge is 0.222 e. The molecule has 0 fully saturated rings. The standard InChI is InChI=1S/C6H7N5.ClH/c7-5-4-3(1-2-9-4)10-6(8)11-5;/h1-2,9H,(H4,7,8,10,11);1H. The van der Waals surface area contributed by atoms with Gasteiger partial charge in [-0.2, -0.15) is 4.98 Å². The lowest BCUT2D eigenvalue weighted by Crippen LogP contribution is -1.99. The van der Waals surface area contributed by atoms with Gasteiger partial charge in [0.05, 0.1) is 5.52 Å². The zero-order valence-electron chi connectivity index (χ0n) is 6.11. The van der Waals surface area contributed by atoms with Gasteiger partial charge in [0.15, 0.2) is 5.82 Å². The molecular formula is C6H8ClN5. The molecule has 0 saturated carbocycles. The van der Waals surface area contributed by atoms with E-state index in [1.54, 1.807) is 12.3 Å². The minimum atomic E-state index is 0. The number of nitrogen functional groups attached to an aromatic ring is 2. The predicted molar refractivity (Wildman–Crippen MR) is 50.0 cm³/mol. The molecule has 0 atom stereocenters. The summed E-state index contributed by atoms with van der Waals surface area (Å²) in [7, 11) is 0. The van der Waals surface area contributed by atoms with Crippen LogP contribution in [0.4, 0.5) is 11.8 Å². The Balaban J connectivity index is 0.000000720. The maximum Gasteiger partial charge on any atom is 0.222 e. The Morgan fingerprint density at radius 1 is 1.25 bits per heavy atom. The summed E-state index contributed by atoms with van der Waals surface area (Å²) in [6.07, 6.45) is 1.75. The van der Waals surface area contributed by atoms with Crippen LogP contribution in [0.1, 0.15) is 0 Å². The van der Waals surface area contributed by atoms with Gasteiger partial charge in [-0.3, -0.25) is 0 Å². The Kier molecular flexibility index (Phi) is 2.05. The highest BCUT2D eigenvalue weighted by molar-refractivity contribution is 5.85. The summed E-state index contributed by atoms with van der Waals surface area (Å²) < 4.78 is 0. The highest BCUT2D eigenvalue weighted by Crippen LogP contribution is 2.15. The summed E-state index contributed by atoms with van der Waals surface area (Å²) in [4.78, 5) is 10.6. The number of aromatic nitrogens is 3. The minimum Gasteiger partial charge on any atom is -0.382 e. The van der Waals surface area contributed by atoms with Gasteiger partial charge in [0, 0.05) is 6.20 Å². The van der Waals surface area contributed by atoms with Gasteiger partial charge < -0.3 is 16.5 Å². The summed E-state index contributed by atoms with van der Waals surface area (Å²) in [6.45, 7) is 0. The number of fused-ring (bicyclic) bond motifs is 1. The largest absolute Gasteiger partial charge is 0.382 e. The maximum atomic E-state index is 5.54. The van der Waals surface area contributed by atoms with Crippen LogP contribution in [0, 0.1) is 0 Å². The molecule has 2 rings (SSSR count). The fourth-order valence-electron chi connectivity index (χ4n) is 0.987. The van der Waals surface area contributed by atoms with Gasteiger partial charge >= 0.3 is 0 Å². The van der Waals surface area contributed by atoms with E-state index in [1.165, 1.54) is 0 Å². The molecule has 2 aromatic rings. The lowest BCUT2D eigenvalue weighted by atomic mass is 10.4. The molecule has 5 nitrogen and oxygen atoms in total. The number of nitrogens with two attached hydrogens (primary N) is 2. The molecule has 2 aromatic heterocycles. The third-order valence-corrected chi connectivity index (χ3v) is 1.45. The molecule has 12 heavy (non-hydrogen) atoms. The molecule has 0 aliphatic rings. The van der Waals surface area contributed by atoms with Crippen molar-refractivity contribution in [3.63, 3.8) is 0 Å². The van der Waals surface area contributed by atoms with E-state index >= 15 is 0 Å². The van der Waals surface area contributed by atoms with E-state index < -0.39 is 0 Å². The number of hydrogen-bond donors (Lipinski definition) is 3. The molecule has 0 bridgehead atoms. The number of nitrogens with one attached hydrogen (secondary N) is 1. The van der Waals surface area contributed by atoms with Crippen LogP contribution in [0.15, 0.2) is 12.3 Å². The van der Waals surface area contributed by atoms with Gasteiger partial charge in [0.25, 0.3) is 0 Å². The van der Waals surface area contributed by atoms with Crippen LogP contribution in [-0.4, -0.2) is 15.0 Å². The fourth-order valence-corrected chi connectivity index (χ4v) is 0.987. The molecule has 5 N–H and O–H groups in total. The molecule has 0 unspecified atom stereocenters. The Morgan fingerprint density at radius 2 is 2.00 bits per heavy atom. The number of rotatable bonds is 0. The summed E-state index contributed by atoms with van der Waals surface area (Å²) in [5.41, 5.74) is 12.4. The van der Waals surface area contributed by atoms with Gasteiger partial charge in [0.1, 0.15) is 5.52 Å². The SMILES string of the molecule is Cl.Nc1nc(N)c2[nH]ccc2n1. The van der Waals surface area contributed by atoms with Gasteiger partial charge in [-0.05, 0) is 6.07 Å². The number of nitrogens with zero attached hydrogens (tertiary/aromatic N) is 2. The second kappa shape index (κ2) is 2.86. The third kappa shape index (κ3) is 1.14. The van der Waals surface area contributed by atoms with E-state index in [0.717, 1.165) is 11.0 Å². The quantitative estimate of drug-likeness (QED) is 0.559. The van der Waals surface area contributed by atoms with Crippen molar-refractivity contribution in [1.82, 2.24) is 15.0 Å². The Hall–Kier alpha value is -1.49. The number of anilines is 2. The molecule has 64 valence electrons. The van der Waals surface area contributed by atoms with Crippen LogP contribution in [0.2, 0.25) is 0 Å². The number of hydrogen-bond acceptors (Lipinski definition) is 4. The summed E-state index contributed by atoms with van der Waals surface area (Å²) in [6, 6.07) is 1.80. The second-order valence-corrected chi connectivity index (χ2v) is 2.20. The zero-order valence-corrected chi connectivity index (χ0v) is 6.93. The first-order chi connectivity index (χ1) is 5.27. The molecule has 0 aliphatic heterocycles. The lowest BCUT2D eigenvalue weighted by Gasteiger charge is -1.95. The van der Waals surface area contributed by atoms with E-state index in [-0.39, 0.29) is 18.4 Å². The first-order valence-electron chi connectivity index (χ1n) is 3.13. The van der Waals surface area contributed by atoms with Crippen LogP contribution in [0.25, 0.3) is 11.0 Å². The lowest BCUT2D eigenvalue weighted by molar-refractivity contribution is 1.24. The molecular weight excluding hydrogens is 178 g/mol. The number of H-pyrrole nitrogens is 1. The van der Waals surface area contributed by atoms with E-state index in [0.29, 0.717) is 5.82 Å². The topological polar surface area (TPSA) is 93.6 Å². The molecule has 6 heteroatoms. The van der Waals surface area contributed by atoms with Crippen molar-refractivity contribution in [3.05, 3.63) is 12.3 Å². The van der Waals surface area contributed by atoms with Gasteiger partial charge in [-0.25, -0.2) is 4.98 Å². The monoisotopic (exact) mass is 185 g/mol. The van der Waals surface area contributed by atoms with Crippen molar-refractivity contribution in [2.45, 2.75) is 0 Å². The van der Waals surface area contributed by atoms with Crippen LogP contribution in [0.5, 0.6) is 0 Å². The van der Waals surface area contributed by atoms with Crippen molar-refractivity contribution in [2.75, 3.05) is 11.5 Å². The van der Waals surface area contributed by atoms with E-state index in [4.69, 9.17) is 11.5 Å². The van der Waals surface area contributed by atoms with Crippen LogP contribution in [0.3, 0.4) is 0 Å². The highest BCUT2D eigenvalue weighted by atomic mass is 35.5. The summed E-state index contributed by atoms with van der Waals surface area (Å²) in [5.74, 6) is 0.590. The zero-order chi connectivity index (χ0) is 7.84. The van der Waals surface area contributed by atoms with Crippen molar-refractivity contribution in [1.29, 1.82) is 0 Å². The van der Waals surface area contributed by atoms with E-state index in [2.05, 4.69) is 15.0 Å². The highest BCUT2D eigenvalue weighted by Gasteiger charge is 2.01. The van der Waals surface area contributed by atoms with E-state index in [9.17, 15) is 0 Å². The molecule has 0 saturated heterocycles. The predicted octanol–water partition coefficient (Wildman–Crippen LogP) is 0.544. The van der Waals surface area contributed by atoms with Crippen molar-refractivity contribution in [2.24, 2.45) is 0 Å². The minimum absolute atomic E-state index is 0.